The van der Waals surface area contributed by atoms with Gasteiger partial charge in [-0.3, -0.25) is 0 Å². The summed E-state index contributed by atoms with van der Waals surface area (Å²) >= 11 is 6.15. The second-order valence-corrected chi connectivity index (χ2v) is 6.22. The topological polar surface area (TPSA) is 44.5 Å². The Morgan fingerprint density at radius 1 is 1.47 bits per heavy atom. The van der Waals surface area contributed by atoms with Gasteiger partial charge in [-0.25, -0.2) is 0 Å². The smallest absolute Gasteiger partial charge is 0.125 e. The van der Waals surface area contributed by atoms with Crippen molar-refractivity contribution in [2.75, 3.05) is 13.7 Å². The molecule has 1 unspecified atom stereocenters. The van der Waals surface area contributed by atoms with Gasteiger partial charge in [0.15, 0.2) is 0 Å². The first-order valence-electron chi connectivity index (χ1n) is 6.66. The van der Waals surface area contributed by atoms with Crippen molar-refractivity contribution in [1.29, 1.82) is 0 Å². The fraction of sp³-hybridized carbons (Fsp3) is 0.600. The number of hydrogen-bond donors (Lipinski definition) is 1. The van der Waals surface area contributed by atoms with Gasteiger partial charge >= 0.3 is 0 Å². The van der Waals surface area contributed by atoms with Crippen LogP contribution in [0.1, 0.15) is 31.4 Å². The molecular formula is C15H22ClNO2. The predicted octanol–water partition coefficient (Wildman–Crippen LogP) is 2.96. The summed E-state index contributed by atoms with van der Waals surface area (Å²) in [6.45, 7) is 4.83. The molecule has 4 heteroatoms. The molecule has 1 aliphatic rings. The molecule has 1 aromatic rings. The number of nitrogens with two attached hydrogens (primary N) is 1. The molecule has 2 N–H and O–H groups in total. The average molecular weight is 284 g/mol. The Morgan fingerprint density at radius 3 is 2.89 bits per heavy atom. The first-order chi connectivity index (χ1) is 8.91. The van der Waals surface area contributed by atoms with Gasteiger partial charge in [-0.1, -0.05) is 11.6 Å². The normalized spacial score (nSPS) is 16.1. The van der Waals surface area contributed by atoms with E-state index >= 15 is 0 Å². The standard InChI is InChI=1S/C15H22ClNO2/c1-15(2,18-3)9-13(17)8-11-7-12(16)6-10-4-5-19-14(10)11/h6-7,13H,4-5,8-9,17H2,1-3H3. The zero-order valence-electron chi connectivity index (χ0n) is 11.8. The third-order valence-electron chi connectivity index (χ3n) is 3.61. The SMILES string of the molecule is COC(C)(C)CC(N)Cc1cc(Cl)cc2c1OCC2. The number of halogens is 1. The molecule has 0 amide bonds. The molecule has 1 aliphatic heterocycles. The second kappa shape index (κ2) is 5.70. The lowest BCUT2D eigenvalue weighted by Crippen LogP contribution is -2.35. The van der Waals surface area contributed by atoms with E-state index in [0.29, 0.717) is 0 Å². The van der Waals surface area contributed by atoms with E-state index < -0.39 is 0 Å². The Labute approximate surface area is 120 Å². The Hall–Kier alpha value is -0.770. The van der Waals surface area contributed by atoms with Crippen LogP contribution in [-0.2, 0) is 17.6 Å². The number of fused-ring (bicyclic) bond motifs is 1. The summed E-state index contributed by atoms with van der Waals surface area (Å²) in [4.78, 5) is 0. The van der Waals surface area contributed by atoms with Gasteiger partial charge in [0.25, 0.3) is 0 Å². The van der Waals surface area contributed by atoms with E-state index in [1.807, 2.05) is 26.0 Å². The highest BCUT2D eigenvalue weighted by atomic mass is 35.5. The number of methoxy groups -OCH3 is 1. The van der Waals surface area contributed by atoms with Crippen LogP contribution >= 0.6 is 11.6 Å². The third-order valence-corrected chi connectivity index (χ3v) is 3.83. The lowest BCUT2D eigenvalue weighted by molar-refractivity contribution is 0.0102. The van der Waals surface area contributed by atoms with Crippen LogP contribution in [0.4, 0.5) is 0 Å². The first-order valence-corrected chi connectivity index (χ1v) is 7.04. The van der Waals surface area contributed by atoms with E-state index in [0.717, 1.165) is 42.2 Å². The average Bonchev–Trinajstić information content (AvgIpc) is 2.76. The van der Waals surface area contributed by atoms with Crippen LogP contribution in [0.25, 0.3) is 0 Å². The molecule has 1 heterocycles. The molecule has 0 aromatic heterocycles. The minimum Gasteiger partial charge on any atom is -0.493 e. The molecule has 3 nitrogen and oxygen atoms in total. The maximum Gasteiger partial charge on any atom is 0.125 e. The summed E-state index contributed by atoms with van der Waals surface area (Å²) in [5.74, 6) is 0.982. The molecule has 1 aromatic carbocycles. The molecule has 0 saturated carbocycles. The van der Waals surface area contributed by atoms with Crippen molar-refractivity contribution < 1.29 is 9.47 Å². The van der Waals surface area contributed by atoms with Crippen molar-refractivity contribution >= 4 is 11.6 Å². The number of hydrogen-bond acceptors (Lipinski definition) is 3. The minimum atomic E-state index is -0.206. The highest BCUT2D eigenvalue weighted by Crippen LogP contribution is 2.34. The number of ether oxygens (including phenoxy) is 2. The molecule has 106 valence electrons. The predicted molar refractivity (Wildman–Crippen MR) is 78.0 cm³/mol. The minimum absolute atomic E-state index is 0.0294. The second-order valence-electron chi connectivity index (χ2n) is 5.78. The van der Waals surface area contributed by atoms with Crippen LogP contribution in [0.5, 0.6) is 5.75 Å². The van der Waals surface area contributed by atoms with Gasteiger partial charge in [0.1, 0.15) is 5.75 Å². The van der Waals surface area contributed by atoms with E-state index in [-0.39, 0.29) is 11.6 Å². The first kappa shape index (κ1) is 14.6. The van der Waals surface area contributed by atoms with Crippen LogP contribution in [-0.4, -0.2) is 25.4 Å². The largest absolute Gasteiger partial charge is 0.493 e. The molecule has 2 rings (SSSR count). The van der Waals surface area contributed by atoms with Crippen molar-refractivity contribution in [1.82, 2.24) is 0 Å². The molecule has 0 saturated heterocycles. The molecule has 1 atom stereocenters. The Morgan fingerprint density at radius 2 is 2.21 bits per heavy atom. The van der Waals surface area contributed by atoms with Gasteiger partial charge in [-0.05, 0) is 49.9 Å². The lowest BCUT2D eigenvalue weighted by Gasteiger charge is -2.26. The summed E-state index contributed by atoms with van der Waals surface area (Å²) in [5.41, 5.74) is 8.33. The van der Waals surface area contributed by atoms with Gasteiger partial charge in [0, 0.05) is 24.6 Å². The van der Waals surface area contributed by atoms with Crippen molar-refractivity contribution in [3.8, 4) is 5.75 Å². The van der Waals surface area contributed by atoms with Crippen molar-refractivity contribution in [2.45, 2.75) is 44.8 Å². The zero-order valence-corrected chi connectivity index (χ0v) is 12.6. The van der Waals surface area contributed by atoms with Crippen LogP contribution in [0.2, 0.25) is 5.02 Å². The molecule has 0 radical (unpaired) electrons. The summed E-state index contributed by atoms with van der Waals surface area (Å²) in [6, 6.07) is 3.98. The summed E-state index contributed by atoms with van der Waals surface area (Å²) in [5, 5.41) is 0.762. The molecule has 0 spiro atoms. The van der Waals surface area contributed by atoms with Crippen LogP contribution in [0, 0.1) is 0 Å². The zero-order chi connectivity index (χ0) is 14.0. The Kier molecular flexibility index (Phi) is 4.39. The van der Waals surface area contributed by atoms with Crippen LogP contribution in [0.3, 0.4) is 0 Å². The summed E-state index contributed by atoms with van der Waals surface area (Å²) < 4.78 is 11.1. The summed E-state index contributed by atoms with van der Waals surface area (Å²) in [6.07, 6.45) is 2.49. The number of rotatable bonds is 5. The lowest BCUT2D eigenvalue weighted by atomic mass is 9.93. The van der Waals surface area contributed by atoms with Crippen LogP contribution in [0.15, 0.2) is 12.1 Å². The quantitative estimate of drug-likeness (QED) is 0.904. The monoisotopic (exact) mass is 283 g/mol. The fourth-order valence-electron chi connectivity index (χ4n) is 2.57. The van der Waals surface area contributed by atoms with Crippen molar-refractivity contribution in [2.24, 2.45) is 5.73 Å². The maximum absolute atomic E-state index is 6.23. The van der Waals surface area contributed by atoms with Gasteiger partial charge in [-0.2, -0.15) is 0 Å². The fourth-order valence-corrected chi connectivity index (χ4v) is 2.83. The van der Waals surface area contributed by atoms with Gasteiger partial charge in [0.05, 0.1) is 12.2 Å². The Balaban J connectivity index is 2.11. The van der Waals surface area contributed by atoms with Crippen LogP contribution < -0.4 is 10.5 Å². The van der Waals surface area contributed by atoms with Gasteiger partial charge in [-0.15, -0.1) is 0 Å². The van der Waals surface area contributed by atoms with Crippen molar-refractivity contribution in [3.63, 3.8) is 0 Å². The van der Waals surface area contributed by atoms with E-state index in [9.17, 15) is 0 Å². The van der Waals surface area contributed by atoms with E-state index in [4.69, 9.17) is 26.8 Å². The molecule has 0 fully saturated rings. The van der Waals surface area contributed by atoms with E-state index in [1.54, 1.807) is 7.11 Å². The summed E-state index contributed by atoms with van der Waals surface area (Å²) in [7, 11) is 1.72. The van der Waals surface area contributed by atoms with Crippen molar-refractivity contribution in [3.05, 3.63) is 28.3 Å². The van der Waals surface area contributed by atoms with Gasteiger partial charge in [0.2, 0.25) is 0 Å². The molecule has 0 bridgehead atoms. The highest BCUT2D eigenvalue weighted by Gasteiger charge is 2.23. The highest BCUT2D eigenvalue weighted by molar-refractivity contribution is 6.30. The number of benzene rings is 1. The van der Waals surface area contributed by atoms with E-state index in [2.05, 4.69) is 0 Å². The van der Waals surface area contributed by atoms with Gasteiger partial charge < -0.3 is 15.2 Å². The third kappa shape index (κ3) is 3.62. The maximum atomic E-state index is 6.23. The van der Waals surface area contributed by atoms with E-state index in [1.165, 1.54) is 5.56 Å². The molecule has 19 heavy (non-hydrogen) atoms. The molecular weight excluding hydrogens is 262 g/mol. The Bertz CT molecular complexity index is 460. The molecule has 0 aliphatic carbocycles.